The zero-order valence-corrected chi connectivity index (χ0v) is 13.9. The van der Waals surface area contributed by atoms with E-state index in [0.717, 1.165) is 55.6 Å². The Hall–Kier alpha value is -1.22. The topological polar surface area (TPSA) is 23.6 Å². The number of hydrogen-bond acceptors (Lipinski definition) is 2. The second-order valence-corrected chi connectivity index (χ2v) is 6.97. The van der Waals surface area contributed by atoms with Crippen LogP contribution >= 0.6 is 11.6 Å². The van der Waals surface area contributed by atoms with Gasteiger partial charge < -0.3 is 9.80 Å². The van der Waals surface area contributed by atoms with E-state index in [1.54, 1.807) is 0 Å². The smallest absolute Gasteiger partial charge is 0.222 e. The monoisotopic (exact) mass is 320 g/mol. The van der Waals surface area contributed by atoms with Gasteiger partial charge in [0.25, 0.3) is 0 Å². The third kappa shape index (κ3) is 3.95. The van der Waals surface area contributed by atoms with Crippen molar-refractivity contribution in [2.24, 2.45) is 5.92 Å². The molecule has 2 aliphatic rings. The molecule has 0 atom stereocenters. The third-order valence-electron chi connectivity index (χ3n) is 5.05. The van der Waals surface area contributed by atoms with Gasteiger partial charge in [0.05, 0.1) is 0 Å². The SMILES string of the molecule is O=C(CCC1CCCC1)N1CCN(c2cccc(Cl)c2)CC1. The molecule has 4 heteroatoms. The lowest BCUT2D eigenvalue weighted by atomic mass is 10.0. The fourth-order valence-electron chi connectivity index (χ4n) is 3.67. The van der Waals surface area contributed by atoms with Crippen LogP contribution in [0.15, 0.2) is 24.3 Å². The molecule has 0 unspecified atom stereocenters. The Labute approximate surface area is 138 Å². The zero-order chi connectivity index (χ0) is 15.4. The standard InChI is InChI=1S/C18H25ClN2O/c19-16-6-3-7-17(14-16)20-10-12-21(13-11-20)18(22)9-8-15-4-1-2-5-15/h3,6-7,14-15H,1-2,4-5,8-13H2. The van der Waals surface area contributed by atoms with E-state index < -0.39 is 0 Å². The highest BCUT2D eigenvalue weighted by atomic mass is 35.5. The highest BCUT2D eigenvalue weighted by Gasteiger charge is 2.23. The summed E-state index contributed by atoms with van der Waals surface area (Å²) in [6, 6.07) is 7.97. The van der Waals surface area contributed by atoms with E-state index in [-0.39, 0.29) is 0 Å². The van der Waals surface area contributed by atoms with Gasteiger partial charge in [0.1, 0.15) is 0 Å². The number of carbonyl (C=O) groups is 1. The quantitative estimate of drug-likeness (QED) is 0.838. The van der Waals surface area contributed by atoms with Crippen molar-refractivity contribution in [1.29, 1.82) is 0 Å². The van der Waals surface area contributed by atoms with Crippen molar-refractivity contribution >= 4 is 23.2 Å². The molecule has 1 heterocycles. The normalized spacial score (nSPS) is 19.7. The fraction of sp³-hybridized carbons (Fsp3) is 0.611. The van der Waals surface area contributed by atoms with E-state index in [1.165, 1.54) is 25.7 Å². The molecule has 0 N–H and O–H groups in total. The van der Waals surface area contributed by atoms with E-state index in [4.69, 9.17) is 11.6 Å². The number of carbonyl (C=O) groups excluding carboxylic acids is 1. The van der Waals surface area contributed by atoms with Crippen LogP contribution < -0.4 is 4.90 Å². The molecule has 0 aromatic heterocycles. The van der Waals surface area contributed by atoms with Gasteiger partial charge in [0, 0.05) is 43.3 Å². The van der Waals surface area contributed by atoms with E-state index in [2.05, 4.69) is 11.0 Å². The van der Waals surface area contributed by atoms with Gasteiger partial charge in [-0.2, -0.15) is 0 Å². The van der Waals surface area contributed by atoms with Crippen molar-refractivity contribution in [2.45, 2.75) is 38.5 Å². The minimum absolute atomic E-state index is 0.345. The maximum atomic E-state index is 12.3. The van der Waals surface area contributed by atoms with Crippen LogP contribution in [0.25, 0.3) is 0 Å². The first-order valence-corrected chi connectivity index (χ1v) is 8.88. The molecule has 1 saturated carbocycles. The summed E-state index contributed by atoms with van der Waals surface area (Å²) in [6.45, 7) is 3.46. The highest BCUT2D eigenvalue weighted by Crippen LogP contribution is 2.29. The van der Waals surface area contributed by atoms with Crippen molar-refractivity contribution in [3.8, 4) is 0 Å². The molecule has 3 nitrogen and oxygen atoms in total. The summed E-state index contributed by atoms with van der Waals surface area (Å²) >= 11 is 6.06. The number of halogens is 1. The summed E-state index contributed by atoms with van der Waals surface area (Å²) in [5.74, 6) is 1.15. The fourth-order valence-corrected chi connectivity index (χ4v) is 3.86. The zero-order valence-electron chi connectivity index (χ0n) is 13.1. The van der Waals surface area contributed by atoms with Crippen LogP contribution in [0, 0.1) is 5.92 Å². The van der Waals surface area contributed by atoms with E-state index in [1.807, 2.05) is 23.1 Å². The molecule has 1 amide bonds. The second-order valence-electron chi connectivity index (χ2n) is 6.54. The summed E-state index contributed by atoms with van der Waals surface area (Å²) in [4.78, 5) is 16.7. The molecule has 3 rings (SSSR count). The van der Waals surface area contributed by atoms with Crippen LogP contribution in [-0.2, 0) is 4.79 Å². The Balaban J connectivity index is 1.45. The Morgan fingerprint density at radius 2 is 1.86 bits per heavy atom. The van der Waals surface area contributed by atoms with E-state index in [9.17, 15) is 4.79 Å². The molecule has 120 valence electrons. The predicted molar refractivity (Wildman–Crippen MR) is 91.4 cm³/mol. The average Bonchev–Trinajstić information content (AvgIpc) is 3.06. The second kappa shape index (κ2) is 7.36. The minimum atomic E-state index is 0.345. The van der Waals surface area contributed by atoms with Crippen molar-refractivity contribution in [2.75, 3.05) is 31.1 Å². The molecule has 1 saturated heterocycles. The predicted octanol–water partition coefficient (Wildman–Crippen LogP) is 3.96. The molecular formula is C18H25ClN2O. The largest absolute Gasteiger partial charge is 0.368 e. The summed E-state index contributed by atoms with van der Waals surface area (Å²) < 4.78 is 0. The maximum Gasteiger partial charge on any atom is 0.222 e. The van der Waals surface area contributed by atoms with Crippen molar-refractivity contribution < 1.29 is 4.79 Å². The summed E-state index contributed by atoms with van der Waals surface area (Å²) in [5.41, 5.74) is 1.16. The summed E-state index contributed by atoms with van der Waals surface area (Å²) in [7, 11) is 0. The minimum Gasteiger partial charge on any atom is -0.368 e. The lowest BCUT2D eigenvalue weighted by Gasteiger charge is -2.36. The molecule has 1 aromatic rings. The van der Waals surface area contributed by atoms with Gasteiger partial charge in [0.15, 0.2) is 0 Å². The Kier molecular flexibility index (Phi) is 5.24. The van der Waals surface area contributed by atoms with E-state index in [0.29, 0.717) is 5.91 Å². The van der Waals surface area contributed by atoms with Crippen LogP contribution in [0.5, 0.6) is 0 Å². The molecule has 22 heavy (non-hydrogen) atoms. The summed E-state index contributed by atoms with van der Waals surface area (Å²) in [5, 5.41) is 0.771. The van der Waals surface area contributed by atoms with Crippen LogP contribution in [0.3, 0.4) is 0 Å². The molecule has 0 spiro atoms. The van der Waals surface area contributed by atoms with E-state index >= 15 is 0 Å². The van der Waals surface area contributed by atoms with Crippen LogP contribution in [0.2, 0.25) is 5.02 Å². The maximum absolute atomic E-state index is 12.3. The number of anilines is 1. The lowest BCUT2D eigenvalue weighted by Crippen LogP contribution is -2.48. The Bertz CT molecular complexity index is 506. The molecule has 0 radical (unpaired) electrons. The van der Waals surface area contributed by atoms with Gasteiger partial charge >= 0.3 is 0 Å². The third-order valence-corrected chi connectivity index (χ3v) is 5.28. The van der Waals surface area contributed by atoms with Crippen molar-refractivity contribution in [1.82, 2.24) is 4.90 Å². The Morgan fingerprint density at radius 3 is 2.55 bits per heavy atom. The Morgan fingerprint density at radius 1 is 1.14 bits per heavy atom. The number of piperazine rings is 1. The van der Waals surface area contributed by atoms with Gasteiger partial charge in [-0.15, -0.1) is 0 Å². The van der Waals surface area contributed by atoms with Gasteiger partial charge in [0.2, 0.25) is 5.91 Å². The first kappa shape index (κ1) is 15.7. The van der Waals surface area contributed by atoms with Gasteiger partial charge in [-0.3, -0.25) is 4.79 Å². The first-order chi connectivity index (χ1) is 10.7. The number of rotatable bonds is 4. The summed E-state index contributed by atoms with van der Waals surface area (Å²) in [6.07, 6.45) is 7.20. The van der Waals surface area contributed by atoms with Gasteiger partial charge in [-0.25, -0.2) is 0 Å². The van der Waals surface area contributed by atoms with Gasteiger partial charge in [-0.05, 0) is 30.5 Å². The number of benzene rings is 1. The number of hydrogen-bond donors (Lipinski definition) is 0. The van der Waals surface area contributed by atoms with Crippen molar-refractivity contribution in [3.05, 3.63) is 29.3 Å². The molecule has 1 aliphatic heterocycles. The number of nitrogens with zero attached hydrogens (tertiary/aromatic N) is 2. The molecular weight excluding hydrogens is 296 g/mol. The van der Waals surface area contributed by atoms with Crippen LogP contribution in [0.4, 0.5) is 5.69 Å². The molecule has 0 bridgehead atoms. The molecule has 1 aliphatic carbocycles. The average molecular weight is 321 g/mol. The molecule has 2 fully saturated rings. The van der Waals surface area contributed by atoms with Gasteiger partial charge in [-0.1, -0.05) is 43.4 Å². The van der Waals surface area contributed by atoms with Crippen LogP contribution in [0.1, 0.15) is 38.5 Å². The van der Waals surface area contributed by atoms with Crippen LogP contribution in [-0.4, -0.2) is 37.0 Å². The lowest BCUT2D eigenvalue weighted by molar-refractivity contribution is -0.131. The highest BCUT2D eigenvalue weighted by molar-refractivity contribution is 6.30. The number of amides is 1. The van der Waals surface area contributed by atoms with Crippen molar-refractivity contribution in [3.63, 3.8) is 0 Å². The molecule has 1 aromatic carbocycles. The first-order valence-electron chi connectivity index (χ1n) is 8.50.